The van der Waals surface area contributed by atoms with Crippen molar-refractivity contribution in [2.75, 3.05) is 20.6 Å². The molecular weight excluding hydrogens is 262 g/mol. The quantitative estimate of drug-likeness (QED) is 0.732. The van der Waals surface area contributed by atoms with Crippen molar-refractivity contribution in [2.24, 2.45) is 5.73 Å². The molecule has 0 aliphatic heterocycles. The Balaban J connectivity index is 2.93. The predicted molar refractivity (Wildman–Crippen MR) is 88.0 cm³/mol. The Bertz CT molecular complexity index is 431. The first-order valence-corrected chi connectivity index (χ1v) is 7.76. The molecule has 1 atom stereocenters. The van der Waals surface area contributed by atoms with Gasteiger partial charge in [-0.3, -0.25) is 4.79 Å². The van der Waals surface area contributed by atoms with E-state index in [1.165, 1.54) is 0 Å². The summed E-state index contributed by atoms with van der Waals surface area (Å²) in [7, 11) is 3.92. The Hall–Kier alpha value is -1.39. The number of amides is 1. The Labute approximate surface area is 128 Å². The summed E-state index contributed by atoms with van der Waals surface area (Å²) >= 11 is 0. The number of hydrogen-bond donors (Lipinski definition) is 2. The van der Waals surface area contributed by atoms with E-state index >= 15 is 0 Å². The highest BCUT2D eigenvalue weighted by Gasteiger charge is 2.36. The molecule has 0 bridgehead atoms. The van der Waals surface area contributed by atoms with Crippen molar-refractivity contribution in [2.45, 2.75) is 44.7 Å². The van der Waals surface area contributed by atoms with E-state index in [0.717, 1.165) is 24.9 Å². The molecule has 0 saturated heterocycles. The van der Waals surface area contributed by atoms with Gasteiger partial charge in [-0.05, 0) is 38.9 Å². The van der Waals surface area contributed by atoms with Gasteiger partial charge in [0.05, 0.1) is 0 Å². The zero-order valence-corrected chi connectivity index (χ0v) is 13.7. The van der Waals surface area contributed by atoms with Crippen LogP contribution in [-0.2, 0) is 10.3 Å². The predicted octanol–water partition coefficient (Wildman–Crippen LogP) is 2.10. The van der Waals surface area contributed by atoms with Gasteiger partial charge in [0, 0.05) is 12.6 Å². The lowest BCUT2D eigenvalue weighted by Gasteiger charge is -2.34. The van der Waals surface area contributed by atoms with E-state index in [9.17, 15) is 4.79 Å². The lowest BCUT2D eigenvalue weighted by molar-refractivity contribution is -0.125. The second-order valence-corrected chi connectivity index (χ2v) is 5.59. The molecule has 4 heteroatoms. The number of hydrogen-bond acceptors (Lipinski definition) is 3. The second kappa shape index (κ2) is 8.15. The summed E-state index contributed by atoms with van der Waals surface area (Å²) in [6, 6.07) is 10.3. The number of primary amides is 1. The molecule has 1 aromatic carbocycles. The average molecular weight is 291 g/mol. The van der Waals surface area contributed by atoms with Gasteiger partial charge in [0.25, 0.3) is 0 Å². The lowest BCUT2D eigenvalue weighted by Crippen LogP contribution is -2.53. The minimum atomic E-state index is -0.804. The molecule has 0 saturated carbocycles. The van der Waals surface area contributed by atoms with Crippen LogP contribution in [0.5, 0.6) is 0 Å². The number of nitrogens with one attached hydrogen (secondary N) is 1. The third kappa shape index (κ3) is 4.05. The van der Waals surface area contributed by atoms with Gasteiger partial charge in [-0.2, -0.15) is 0 Å². The molecule has 118 valence electrons. The van der Waals surface area contributed by atoms with Gasteiger partial charge in [0.1, 0.15) is 5.54 Å². The van der Waals surface area contributed by atoms with Crippen molar-refractivity contribution < 1.29 is 4.79 Å². The summed E-state index contributed by atoms with van der Waals surface area (Å²) in [5.41, 5.74) is 5.85. The third-order valence-corrected chi connectivity index (χ3v) is 4.52. The maximum absolute atomic E-state index is 12.1. The molecule has 0 spiro atoms. The molecule has 1 aromatic rings. The number of rotatable bonds is 9. The van der Waals surface area contributed by atoms with E-state index in [-0.39, 0.29) is 5.91 Å². The summed E-state index contributed by atoms with van der Waals surface area (Å²) < 4.78 is 0. The first-order chi connectivity index (χ1) is 10.0. The molecule has 0 heterocycles. The van der Waals surface area contributed by atoms with Gasteiger partial charge >= 0.3 is 0 Å². The van der Waals surface area contributed by atoms with Crippen LogP contribution >= 0.6 is 0 Å². The van der Waals surface area contributed by atoms with Crippen LogP contribution in [0, 0.1) is 0 Å². The molecule has 4 nitrogen and oxygen atoms in total. The summed E-state index contributed by atoms with van der Waals surface area (Å²) in [6.07, 6.45) is 2.89. The fraction of sp³-hybridized carbons (Fsp3) is 0.588. The fourth-order valence-corrected chi connectivity index (χ4v) is 2.96. The Morgan fingerprint density at radius 2 is 1.86 bits per heavy atom. The minimum absolute atomic E-state index is 0.325. The van der Waals surface area contributed by atoms with E-state index in [2.05, 4.69) is 31.1 Å². The van der Waals surface area contributed by atoms with Gasteiger partial charge in [0.2, 0.25) is 5.91 Å². The summed E-state index contributed by atoms with van der Waals surface area (Å²) in [6.45, 7) is 5.22. The Morgan fingerprint density at radius 3 is 2.29 bits per heavy atom. The zero-order chi connectivity index (χ0) is 15.9. The van der Waals surface area contributed by atoms with Crippen LogP contribution in [0.4, 0.5) is 0 Å². The van der Waals surface area contributed by atoms with Gasteiger partial charge in [-0.15, -0.1) is 0 Å². The maximum atomic E-state index is 12.1. The van der Waals surface area contributed by atoms with Gasteiger partial charge < -0.3 is 16.0 Å². The van der Waals surface area contributed by atoms with Crippen molar-refractivity contribution >= 4 is 5.91 Å². The van der Waals surface area contributed by atoms with Crippen molar-refractivity contribution in [1.82, 2.24) is 10.2 Å². The minimum Gasteiger partial charge on any atom is -0.368 e. The van der Waals surface area contributed by atoms with Crippen molar-refractivity contribution in [3.63, 3.8) is 0 Å². The highest BCUT2D eigenvalue weighted by Crippen LogP contribution is 2.25. The number of carbonyl (C=O) groups is 1. The molecule has 0 fully saturated rings. The van der Waals surface area contributed by atoms with Crippen molar-refractivity contribution in [3.8, 4) is 0 Å². The molecule has 1 unspecified atom stereocenters. The first-order valence-electron chi connectivity index (χ1n) is 7.76. The Kier molecular flexibility index (Phi) is 6.85. The van der Waals surface area contributed by atoms with E-state index < -0.39 is 5.54 Å². The number of nitrogens with zero attached hydrogens (tertiary/aromatic N) is 1. The largest absolute Gasteiger partial charge is 0.368 e. The monoisotopic (exact) mass is 291 g/mol. The van der Waals surface area contributed by atoms with Crippen molar-refractivity contribution in [1.29, 1.82) is 0 Å². The molecule has 1 amide bonds. The van der Waals surface area contributed by atoms with E-state index in [0.29, 0.717) is 12.5 Å². The highest BCUT2D eigenvalue weighted by molar-refractivity contribution is 5.86. The zero-order valence-electron chi connectivity index (χ0n) is 13.7. The SMILES string of the molecule is CCC(CC)N(C)CCC(NC)(C(N)=O)c1ccccc1. The number of benzene rings is 1. The second-order valence-electron chi connectivity index (χ2n) is 5.59. The van der Waals surface area contributed by atoms with Gasteiger partial charge in [-0.25, -0.2) is 0 Å². The highest BCUT2D eigenvalue weighted by atomic mass is 16.1. The van der Waals surface area contributed by atoms with Crippen LogP contribution < -0.4 is 11.1 Å². The van der Waals surface area contributed by atoms with E-state index in [1.807, 2.05) is 30.3 Å². The normalized spacial score (nSPS) is 14.4. The molecule has 1 rings (SSSR count). The summed E-state index contributed by atoms with van der Waals surface area (Å²) in [5, 5.41) is 3.16. The van der Waals surface area contributed by atoms with Crippen LogP contribution in [0.25, 0.3) is 0 Å². The molecule has 0 aliphatic carbocycles. The molecule has 0 aromatic heterocycles. The third-order valence-electron chi connectivity index (χ3n) is 4.52. The molecule has 0 aliphatic rings. The molecule has 21 heavy (non-hydrogen) atoms. The van der Waals surface area contributed by atoms with Crippen LogP contribution in [0.3, 0.4) is 0 Å². The fourth-order valence-electron chi connectivity index (χ4n) is 2.96. The smallest absolute Gasteiger partial charge is 0.242 e. The van der Waals surface area contributed by atoms with Crippen LogP contribution in [-0.4, -0.2) is 37.5 Å². The molecule has 0 radical (unpaired) electrons. The van der Waals surface area contributed by atoms with Crippen LogP contribution in [0.1, 0.15) is 38.7 Å². The number of nitrogens with two attached hydrogens (primary N) is 1. The van der Waals surface area contributed by atoms with Gasteiger partial charge in [-0.1, -0.05) is 44.2 Å². The van der Waals surface area contributed by atoms with E-state index in [4.69, 9.17) is 5.73 Å². The number of likely N-dealkylation sites (N-methyl/N-ethyl adjacent to an activating group) is 1. The summed E-state index contributed by atoms with van der Waals surface area (Å²) in [5.74, 6) is -0.325. The first kappa shape index (κ1) is 17.7. The lowest BCUT2D eigenvalue weighted by atomic mass is 9.85. The average Bonchev–Trinajstić information content (AvgIpc) is 2.50. The summed E-state index contributed by atoms with van der Waals surface area (Å²) in [4.78, 5) is 14.4. The Morgan fingerprint density at radius 1 is 1.29 bits per heavy atom. The van der Waals surface area contributed by atoms with Crippen LogP contribution in [0.15, 0.2) is 30.3 Å². The van der Waals surface area contributed by atoms with Crippen LogP contribution in [0.2, 0.25) is 0 Å². The topological polar surface area (TPSA) is 58.4 Å². The standard InChI is InChI=1S/C17H29N3O/c1-5-15(6-2)20(4)13-12-17(19-3,16(18)21)14-10-8-7-9-11-14/h7-11,15,19H,5-6,12-13H2,1-4H3,(H2,18,21). The van der Waals surface area contributed by atoms with Gasteiger partial charge in [0.15, 0.2) is 0 Å². The molecular formula is C17H29N3O. The van der Waals surface area contributed by atoms with E-state index in [1.54, 1.807) is 7.05 Å². The van der Waals surface area contributed by atoms with Crippen molar-refractivity contribution in [3.05, 3.63) is 35.9 Å². The maximum Gasteiger partial charge on any atom is 0.242 e. The molecule has 3 N–H and O–H groups in total. The number of carbonyl (C=O) groups excluding carboxylic acids is 1.